The normalized spacial score (nSPS) is 12.0. The summed E-state index contributed by atoms with van der Waals surface area (Å²) in [6.07, 6.45) is 22.1. The first-order chi connectivity index (χ1) is 10.3. The van der Waals surface area contributed by atoms with Crippen LogP contribution in [0.15, 0.2) is 36.5 Å². The zero-order valence-corrected chi connectivity index (χ0v) is 13.0. The molecule has 0 spiro atoms. The van der Waals surface area contributed by atoms with E-state index >= 15 is 0 Å². The lowest BCUT2D eigenvalue weighted by molar-refractivity contribution is -0.137. The fourth-order valence-corrected chi connectivity index (χ4v) is 1.92. The molecule has 2 N–H and O–H groups in total. The van der Waals surface area contributed by atoms with Gasteiger partial charge in [0.05, 0.1) is 0 Å². The van der Waals surface area contributed by atoms with Crippen molar-refractivity contribution in [2.45, 2.75) is 64.2 Å². The first-order valence-electron chi connectivity index (χ1n) is 8.08. The van der Waals surface area contributed by atoms with Crippen molar-refractivity contribution in [2.75, 3.05) is 6.61 Å². The van der Waals surface area contributed by atoms with Gasteiger partial charge in [0, 0.05) is 13.0 Å². The number of carbonyl (C=O) groups is 1. The smallest absolute Gasteiger partial charge is 0.303 e. The third-order valence-corrected chi connectivity index (χ3v) is 3.15. The second kappa shape index (κ2) is 16.7. The molecule has 0 saturated heterocycles. The molecule has 21 heavy (non-hydrogen) atoms. The Labute approximate surface area is 129 Å². The predicted octanol–water partition coefficient (Wildman–Crippen LogP) is 4.63. The van der Waals surface area contributed by atoms with E-state index < -0.39 is 5.97 Å². The lowest BCUT2D eigenvalue weighted by Gasteiger charge is -1.97. The predicted molar refractivity (Wildman–Crippen MR) is 88.3 cm³/mol. The number of unbranched alkanes of at least 4 members (excludes halogenated alkanes) is 7. The summed E-state index contributed by atoms with van der Waals surface area (Å²) in [5, 5.41) is 17.1. The third kappa shape index (κ3) is 18.6. The minimum atomic E-state index is -0.688. The Morgan fingerprint density at radius 1 is 0.714 bits per heavy atom. The maximum atomic E-state index is 10.3. The van der Waals surface area contributed by atoms with Crippen molar-refractivity contribution in [3.63, 3.8) is 0 Å². The average molecular weight is 294 g/mol. The number of hydrogen-bond donors (Lipinski definition) is 2. The largest absolute Gasteiger partial charge is 0.481 e. The second-order valence-electron chi connectivity index (χ2n) is 5.16. The van der Waals surface area contributed by atoms with Crippen LogP contribution in [0.2, 0.25) is 0 Å². The molecule has 0 fully saturated rings. The Morgan fingerprint density at radius 3 is 1.81 bits per heavy atom. The van der Waals surface area contributed by atoms with E-state index in [0.29, 0.717) is 6.42 Å². The molecule has 3 nitrogen and oxygen atoms in total. The summed E-state index contributed by atoms with van der Waals surface area (Å²) >= 11 is 0. The van der Waals surface area contributed by atoms with Crippen LogP contribution in [0.25, 0.3) is 0 Å². The van der Waals surface area contributed by atoms with Gasteiger partial charge < -0.3 is 10.2 Å². The zero-order chi connectivity index (χ0) is 15.6. The van der Waals surface area contributed by atoms with Crippen molar-refractivity contribution in [3.8, 4) is 0 Å². The van der Waals surface area contributed by atoms with Gasteiger partial charge in [0.2, 0.25) is 0 Å². The number of aliphatic carboxylic acids is 1. The van der Waals surface area contributed by atoms with Gasteiger partial charge in [-0.15, -0.1) is 0 Å². The summed E-state index contributed by atoms with van der Waals surface area (Å²) in [7, 11) is 0. The summed E-state index contributed by atoms with van der Waals surface area (Å²) in [6, 6.07) is 0. The molecule has 0 unspecified atom stereocenters. The molecule has 0 aromatic heterocycles. The van der Waals surface area contributed by atoms with Gasteiger partial charge in [-0.25, -0.2) is 0 Å². The van der Waals surface area contributed by atoms with Crippen molar-refractivity contribution in [1.82, 2.24) is 0 Å². The Morgan fingerprint density at radius 2 is 1.24 bits per heavy atom. The van der Waals surface area contributed by atoms with Gasteiger partial charge in [0.25, 0.3) is 0 Å². The number of aliphatic hydroxyl groups is 1. The van der Waals surface area contributed by atoms with E-state index in [1.165, 1.54) is 12.8 Å². The monoisotopic (exact) mass is 294 g/mol. The molecule has 0 aromatic rings. The molecule has 0 heterocycles. The number of aliphatic hydroxyl groups excluding tert-OH is 1. The summed E-state index contributed by atoms with van der Waals surface area (Å²) < 4.78 is 0. The fraction of sp³-hybridized carbons (Fsp3) is 0.611. The van der Waals surface area contributed by atoms with Gasteiger partial charge in [0.1, 0.15) is 0 Å². The topological polar surface area (TPSA) is 57.5 Å². The Bertz CT molecular complexity index is 316. The first-order valence-corrected chi connectivity index (χ1v) is 8.08. The van der Waals surface area contributed by atoms with Gasteiger partial charge in [-0.1, -0.05) is 55.7 Å². The quantitative estimate of drug-likeness (QED) is 0.362. The SMILES string of the molecule is O=C(O)CCCCCCCC=C/C=C/C=C/CCCCO. The molecule has 0 amide bonds. The van der Waals surface area contributed by atoms with E-state index in [9.17, 15) is 4.79 Å². The van der Waals surface area contributed by atoms with Crippen LogP contribution in [0.1, 0.15) is 64.2 Å². The van der Waals surface area contributed by atoms with Crippen LogP contribution in [-0.4, -0.2) is 22.8 Å². The van der Waals surface area contributed by atoms with Crippen molar-refractivity contribution < 1.29 is 15.0 Å². The summed E-state index contributed by atoms with van der Waals surface area (Å²) in [6.45, 7) is 0.284. The highest BCUT2D eigenvalue weighted by Gasteiger charge is 1.95. The second-order valence-corrected chi connectivity index (χ2v) is 5.16. The Kier molecular flexibility index (Phi) is 15.6. The van der Waals surface area contributed by atoms with Crippen molar-refractivity contribution in [1.29, 1.82) is 0 Å². The van der Waals surface area contributed by atoms with Crippen LogP contribution in [-0.2, 0) is 4.79 Å². The highest BCUT2D eigenvalue weighted by Crippen LogP contribution is 2.07. The van der Waals surface area contributed by atoms with E-state index in [0.717, 1.165) is 44.9 Å². The number of rotatable bonds is 14. The van der Waals surface area contributed by atoms with Crippen LogP contribution in [0.4, 0.5) is 0 Å². The number of carboxylic acids is 1. The first kappa shape index (κ1) is 19.7. The molecular weight excluding hydrogens is 264 g/mol. The molecule has 0 atom stereocenters. The molecule has 0 aliphatic carbocycles. The molecule has 0 aromatic carbocycles. The lowest BCUT2D eigenvalue weighted by Crippen LogP contribution is -1.93. The molecule has 0 bridgehead atoms. The molecule has 0 aliphatic rings. The third-order valence-electron chi connectivity index (χ3n) is 3.15. The van der Waals surface area contributed by atoms with Gasteiger partial charge >= 0.3 is 5.97 Å². The van der Waals surface area contributed by atoms with Gasteiger partial charge in [-0.3, -0.25) is 4.79 Å². The zero-order valence-electron chi connectivity index (χ0n) is 13.0. The van der Waals surface area contributed by atoms with Gasteiger partial charge in [-0.2, -0.15) is 0 Å². The summed E-state index contributed by atoms with van der Waals surface area (Å²) in [5.41, 5.74) is 0. The van der Waals surface area contributed by atoms with Crippen molar-refractivity contribution in [3.05, 3.63) is 36.5 Å². The average Bonchev–Trinajstić information content (AvgIpc) is 2.46. The van der Waals surface area contributed by atoms with E-state index in [1.807, 2.05) is 18.2 Å². The minimum Gasteiger partial charge on any atom is -0.481 e. The van der Waals surface area contributed by atoms with Crippen LogP contribution in [0.3, 0.4) is 0 Å². The molecular formula is C18H30O3. The Balaban J connectivity index is 3.30. The molecule has 0 radical (unpaired) electrons. The molecule has 120 valence electrons. The highest BCUT2D eigenvalue weighted by atomic mass is 16.4. The molecule has 0 aliphatic heterocycles. The maximum absolute atomic E-state index is 10.3. The molecule has 0 rings (SSSR count). The van der Waals surface area contributed by atoms with Crippen LogP contribution >= 0.6 is 0 Å². The van der Waals surface area contributed by atoms with Gasteiger partial charge in [-0.05, 0) is 38.5 Å². The maximum Gasteiger partial charge on any atom is 0.303 e. The van der Waals surface area contributed by atoms with Gasteiger partial charge in [0.15, 0.2) is 0 Å². The Hall–Kier alpha value is -1.35. The van der Waals surface area contributed by atoms with Crippen LogP contribution in [0.5, 0.6) is 0 Å². The highest BCUT2D eigenvalue weighted by molar-refractivity contribution is 5.66. The van der Waals surface area contributed by atoms with Crippen LogP contribution in [0, 0.1) is 0 Å². The van der Waals surface area contributed by atoms with E-state index in [1.54, 1.807) is 0 Å². The van der Waals surface area contributed by atoms with E-state index in [2.05, 4.69) is 18.2 Å². The van der Waals surface area contributed by atoms with Crippen LogP contribution < -0.4 is 0 Å². The fourth-order valence-electron chi connectivity index (χ4n) is 1.92. The standard InChI is InChI=1S/C18H30O3/c19-17-15-13-11-9-7-5-3-1-2-4-6-8-10-12-14-16-18(20)21/h1-3,5,7,9,19H,4,6,8,10-17H2,(H,20,21)/b2-1?,5-3+,9-7+. The lowest BCUT2D eigenvalue weighted by atomic mass is 10.1. The van der Waals surface area contributed by atoms with Crippen molar-refractivity contribution >= 4 is 5.97 Å². The minimum absolute atomic E-state index is 0.284. The molecule has 3 heteroatoms. The summed E-state index contributed by atoms with van der Waals surface area (Å²) in [4.78, 5) is 10.3. The van der Waals surface area contributed by atoms with E-state index in [-0.39, 0.29) is 6.61 Å². The van der Waals surface area contributed by atoms with Crippen molar-refractivity contribution in [2.24, 2.45) is 0 Å². The van der Waals surface area contributed by atoms with E-state index in [4.69, 9.17) is 10.2 Å². The number of allylic oxidation sites excluding steroid dienone is 6. The summed E-state index contributed by atoms with van der Waals surface area (Å²) in [5.74, 6) is -0.688. The number of hydrogen-bond acceptors (Lipinski definition) is 2. The molecule has 0 saturated carbocycles. The number of carboxylic acid groups (broad SMARTS) is 1.